The van der Waals surface area contributed by atoms with Crippen molar-refractivity contribution in [2.45, 2.75) is 44.0 Å². The standard InChI is InChI=1S/C12H19ClN2S/c1-8(14)11(12(2,3)4)16-10-6-5-9(13)7-15-10/h5-8,11H,14H2,1-4H3. The lowest BCUT2D eigenvalue weighted by Crippen LogP contribution is -2.38. The highest BCUT2D eigenvalue weighted by Gasteiger charge is 2.29. The minimum atomic E-state index is 0.127. The summed E-state index contributed by atoms with van der Waals surface area (Å²) in [5.74, 6) is 0. The van der Waals surface area contributed by atoms with Gasteiger partial charge >= 0.3 is 0 Å². The van der Waals surface area contributed by atoms with E-state index in [1.54, 1.807) is 18.0 Å². The minimum Gasteiger partial charge on any atom is -0.327 e. The lowest BCUT2D eigenvalue weighted by Gasteiger charge is -2.32. The van der Waals surface area contributed by atoms with E-state index in [4.69, 9.17) is 17.3 Å². The second-order valence-electron chi connectivity index (χ2n) is 5.08. The van der Waals surface area contributed by atoms with Gasteiger partial charge in [-0.2, -0.15) is 0 Å². The highest BCUT2D eigenvalue weighted by atomic mass is 35.5. The normalized spacial score (nSPS) is 15.9. The fourth-order valence-electron chi connectivity index (χ4n) is 1.63. The highest BCUT2D eigenvalue weighted by molar-refractivity contribution is 8.00. The van der Waals surface area contributed by atoms with E-state index in [0.29, 0.717) is 10.3 Å². The lowest BCUT2D eigenvalue weighted by molar-refractivity contribution is 0.363. The number of hydrogen-bond acceptors (Lipinski definition) is 3. The molecule has 0 bridgehead atoms. The van der Waals surface area contributed by atoms with E-state index in [-0.39, 0.29) is 11.5 Å². The van der Waals surface area contributed by atoms with Gasteiger partial charge in [0, 0.05) is 17.5 Å². The van der Waals surface area contributed by atoms with Gasteiger partial charge in [-0.05, 0) is 24.5 Å². The number of halogens is 1. The van der Waals surface area contributed by atoms with E-state index in [9.17, 15) is 0 Å². The third-order valence-corrected chi connectivity index (χ3v) is 4.38. The fourth-order valence-corrected chi connectivity index (χ4v) is 2.84. The molecule has 1 aromatic rings. The van der Waals surface area contributed by atoms with Crippen LogP contribution in [0.1, 0.15) is 27.7 Å². The van der Waals surface area contributed by atoms with E-state index in [0.717, 1.165) is 5.03 Å². The summed E-state index contributed by atoms with van der Waals surface area (Å²) in [6.45, 7) is 8.64. The number of hydrogen-bond donors (Lipinski definition) is 1. The van der Waals surface area contributed by atoms with Crippen LogP contribution < -0.4 is 5.73 Å². The van der Waals surface area contributed by atoms with Crippen LogP contribution in [0.15, 0.2) is 23.4 Å². The molecule has 0 aliphatic heterocycles. The van der Waals surface area contributed by atoms with Gasteiger partial charge in [-0.3, -0.25) is 0 Å². The van der Waals surface area contributed by atoms with Crippen molar-refractivity contribution in [3.05, 3.63) is 23.4 Å². The number of pyridine rings is 1. The molecule has 0 aliphatic rings. The largest absolute Gasteiger partial charge is 0.327 e. The summed E-state index contributed by atoms with van der Waals surface area (Å²) in [7, 11) is 0. The summed E-state index contributed by atoms with van der Waals surface area (Å²) in [5, 5.41) is 1.97. The van der Waals surface area contributed by atoms with E-state index in [1.807, 2.05) is 19.1 Å². The molecule has 16 heavy (non-hydrogen) atoms. The molecule has 1 rings (SSSR count). The number of rotatable bonds is 3. The zero-order valence-corrected chi connectivity index (χ0v) is 11.8. The number of nitrogens with zero attached hydrogens (tertiary/aromatic N) is 1. The van der Waals surface area contributed by atoms with Gasteiger partial charge < -0.3 is 5.73 Å². The van der Waals surface area contributed by atoms with Crippen LogP contribution in [-0.2, 0) is 0 Å². The van der Waals surface area contributed by atoms with E-state index in [2.05, 4.69) is 25.8 Å². The van der Waals surface area contributed by atoms with Crippen molar-refractivity contribution in [2.24, 2.45) is 11.1 Å². The Bertz CT molecular complexity index is 330. The molecular weight excluding hydrogens is 240 g/mol. The van der Waals surface area contributed by atoms with Gasteiger partial charge in [0.1, 0.15) is 0 Å². The molecule has 2 nitrogen and oxygen atoms in total. The smallest absolute Gasteiger partial charge is 0.0964 e. The van der Waals surface area contributed by atoms with E-state index >= 15 is 0 Å². The Balaban J connectivity index is 2.80. The molecule has 2 N–H and O–H groups in total. The molecule has 0 amide bonds. The molecule has 0 saturated carbocycles. The molecule has 0 aromatic carbocycles. The summed E-state index contributed by atoms with van der Waals surface area (Å²) in [6.07, 6.45) is 1.67. The first-order valence-corrected chi connectivity index (χ1v) is 6.60. The molecule has 90 valence electrons. The van der Waals surface area contributed by atoms with Crippen LogP contribution in [0.25, 0.3) is 0 Å². The number of nitrogens with two attached hydrogens (primary N) is 1. The molecule has 0 fully saturated rings. The van der Waals surface area contributed by atoms with Crippen LogP contribution in [0.5, 0.6) is 0 Å². The zero-order valence-electron chi connectivity index (χ0n) is 10.2. The van der Waals surface area contributed by atoms with Crippen molar-refractivity contribution in [1.29, 1.82) is 0 Å². The predicted molar refractivity (Wildman–Crippen MR) is 72.0 cm³/mol. The van der Waals surface area contributed by atoms with Crippen molar-refractivity contribution in [3.8, 4) is 0 Å². The van der Waals surface area contributed by atoms with E-state index < -0.39 is 0 Å². The Kier molecular flexibility index (Phi) is 4.65. The number of thioether (sulfide) groups is 1. The Hall–Kier alpha value is -0.250. The van der Waals surface area contributed by atoms with Crippen LogP contribution in [0.3, 0.4) is 0 Å². The third kappa shape index (κ3) is 3.96. The summed E-state index contributed by atoms with van der Waals surface area (Å²) in [6, 6.07) is 3.92. The first-order chi connectivity index (χ1) is 7.30. The first kappa shape index (κ1) is 13.8. The van der Waals surface area contributed by atoms with Crippen molar-refractivity contribution >= 4 is 23.4 Å². The molecule has 0 spiro atoms. The molecule has 1 heterocycles. The second kappa shape index (κ2) is 5.39. The van der Waals surface area contributed by atoms with Gasteiger partial charge in [-0.1, -0.05) is 32.4 Å². The molecule has 4 heteroatoms. The summed E-state index contributed by atoms with van der Waals surface area (Å²) >= 11 is 7.52. The maximum atomic E-state index is 6.03. The van der Waals surface area contributed by atoms with Crippen molar-refractivity contribution in [3.63, 3.8) is 0 Å². The van der Waals surface area contributed by atoms with Crippen LogP contribution in [0.4, 0.5) is 0 Å². The maximum Gasteiger partial charge on any atom is 0.0964 e. The Morgan fingerprint density at radius 2 is 2.00 bits per heavy atom. The Labute approximate surface area is 107 Å². The Morgan fingerprint density at radius 3 is 2.38 bits per heavy atom. The Morgan fingerprint density at radius 1 is 1.38 bits per heavy atom. The van der Waals surface area contributed by atoms with Gasteiger partial charge in [0.05, 0.1) is 10.0 Å². The van der Waals surface area contributed by atoms with E-state index in [1.165, 1.54) is 0 Å². The number of aromatic nitrogens is 1. The lowest BCUT2D eigenvalue weighted by atomic mass is 9.88. The molecule has 2 atom stereocenters. The molecule has 1 aromatic heterocycles. The summed E-state index contributed by atoms with van der Waals surface area (Å²) in [4.78, 5) is 4.29. The molecule has 2 unspecified atom stereocenters. The monoisotopic (exact) mass is 258 g/mol. The SMILES string of the molecule is CC(N)C(Sc1ccc(Cl)cn1)C(C)(C)C. The highest BCUT2D eigenvalue weighted by Crippen LogP contribution is 2.36. The van der Waals surface area contributed by atoms with Gasteiger partial charge in [-0.15, -0.1) is 11.8 Å². The topological polar surface area (TPSA) is 38.9 Å². The van der Waals surface area contributed by atoms with Crippen LogP contribution >= 0.6 is 23.4 Å². The second-order valence-corrected chi connectivity index (χ2v) is 6.68. The van der Waals surface area contributed by atoms with Crippen LogP contribution in [-0.4, -0.2) is 16.3 Å². The zero-order chi connectivity index (χ0) is 12.3. The van der Waals surface area contributed by atoms with Crippen LogP contribution in [0.2, 0.25) is 5.02 Å². The van der Waals surface area contributed by atoms with Gasteiger partial charge in [0.25, 0.3) is 0 Å². The summed E-state index contributed by atoms with van der Waals surface area (Å²) in [5.41, 5.74) is 6.18. The average molecular weight is 259 g/mol. The van der Waals surface area contributed by atoms with Crippen molar-refractivity contribution in [2.75, 3.05) is 0 Å². The van der Waals surface area contributed by atoms with Gasteiger partial charge in [0.15, 0.2) is 0 Å². The predicted octanol–water partition coefficient (Wildman–Crippen LogP) is 3.59. The maximum absolute atomic E-state index is 6.03. The van der Waals surface area contributed by atoms with Crippen molar-refractivity contribution < 1.29 is 0 Å². The molecule has 0 aliphatic carbocycles. The quantitative estimate of drug-likeness (QED) is 0.843. The molecular formula is C12H19ClN2S. The fraction of sp³-hybridized carbons (Fsp3) is 0.583. The minimum absolute atomic E-state index is 0.127. The first-order valence-electron chi connectivity index (χ1n) is 5.34. The summed E-state index contributed by atoms with van der Waals surface area (Å²) < 4.78 is 0. The van der Waals surface area contributed by atoms with Gasteiger partial charge in [0.2, 0.25) is 0 Å². The molecule has 0 saturated heterocycles. The van der Waals surface area contributed by atoms with Crippen LogP contribution in [0, 0.1) is 5.41 Å². The van der Waals surface area contributed by atoms with Gasteiger partial charge in [-0.25, -0.2) is 4.98 Å². The van der Waals surface area contributed by atoms with Crippen molar-refractivity contribution in [1.82, 2.24) is 4.98 Å². The average Bonchev–Trinajstić information content (AvgIpc) is 2.14. The third-order valence-electron chi connectivity index (χ3n) is 2.28. The molecule has 0 radical (unpaired) electrons.